The molecule has 1 saturated carbocycles. The number of methoxy groups -OCH3 is 4. The van der Waals surface area contributed by atoms with Gasteiger partial charge in [0.1, 0.15) is 11.4 Å². The first-order valence-electron chi connectivity index (χ1n) is 26.4. The Hall–Kier alpha value is -7.69. The van der Waals surface area contributed by atoms with Gasteiger partial charge in [0.2, 0.25) is 0 Å². The molecule has 0 aliphatic heterocycles. The van der Waals surface area contributed by atoms with Gasteiger partial charge < -0.3 is 23.7 Å². The van der Waals surface area contributed by atoms with Gasteiger partial charge >= 0.3 is 0 Å². The number of nitrogens with zero attached hydrogens (tertiary/aromatic N) is 1. The van der Waals surface area contributed by atoms with E-state index >= 15 is 0 Å². The predicted molar refractivity (Wildman–Crippen MR) is 310 cm³/mol. The van der Waals surface area contributed by atoms with E-state index in [-0.39, 0.29) is 28.5 Å². The van der Waals surface area contributed by atoms with Crippen LogP contribution in [0.25, 0.3) is 6.08 Å². The summed E-state index contributed by atoms with van der Waals surface area (Å²) in [5, 5.41) is 7.32. The zero-order chi connectivity index (χ0) is 54.0. The molecule has 9 nitrogen and oxygen atoms in total. The van der Waals surface area contributed by atoms with E-state index in [1.54, 1.807) is 34.5 Å². The first-order chi connectivity index (χ1) is 37.4. The van der Waals surface area contributed by atoms with Gasteiger partial charge in [-0.3, -0.25) is 14.7 Å². The minimum atomic E-state index is -0.408. The quantitative estimate of drug-likeness (QED) is 0.114. The van der Waals surface area contributed by atoms with Crippen molar-refractivity contribution in [1.82, 2.24) is 10.2 Å². The number of carbonyl (C=O) groups excluding carboxylic acids is 2. The van der Waals surface area contributed by atoms with Gasteiger partial charge in [0.15, 0.2) is 34.6 Å². The van der Waals surface area contributed by atoms with Gasteiger partial charge in [0, 0.05) is 51.7 Å². The monoisotopic (exact) mass is 1090 g/mol. The molecule has 11 rings (SSSR count). The van der Waals surface area contributed by atoms with Crippen molar-refractivity contribution in [3.63, 3.8) is 0 Å². The number of allylic oxidation sites excluding steroid dienone is 6. The van der Waals surface area contributed by atoms with E-state index in [1.165, 1.54) is 42.0 Å². The van der Waals surface area contributed by atoms with E-state index in [0.717, 1.165) is 81.8 Å². The lowest BCUT2D eigenvalue weighted by atomic mass is 9.68. The third kappa shape index (κ3) is 11.5. The molecule has 7 aromatic rings. The van der Waals surface area contributed by atoms with Crippen LogP contribution in [0.5, 0.6) is 28.7 Å². The number of hydrogen-bond donors (Lipinski definition) is 1. The molecule has 3 atom stereocenters. The molecule has 6 aromatic carbocycles. The number of aromatic nitrogens is 2. The summed E-state index contributed by atoms with van der Waals surface area (Å²) >= 11 is 3.52. The van der Waals surface area contributed by atoms with Gasteiger partial charge in [0.25, 0.3) is 0 Å². The average molecular weight is 1090 g/mol. The first-order valence-corrected chi connectivity index (χ1v) is 27.2. The topological polar surface area (TPSA) is 109 Å². The summed E-state index contributed by atoms with van der Waals surface area (Å²) in [7, 11) is 6.65. The highest BCUT2D eigenvalue weighted by atomic mass is 79.9. The van der Waals surface area contributed by atoms with Gasteiger partial charge in [-0.15, -0.1) is 0 Å². The Labute approximate surface area is 461 Å². The number of fused-ring (bicyclic) bond motifs is 1. The first kappa shape index (κ1) is 54.1. The highest BCUT2D eigenvalue weighted by Crippen LogP contribution is 2.47. The zero-order valence-corrected chi connectivity index (χ0v) is 46.2. The molecule has 4 aliphatic rings. The molecular weight excluding hydrogens is 1020 g/mol. The molecule has 0 spiro atoms. The van der Waals surface area contributed by atoms with Crippen LogP contribution >= 0.6 is 15.9 Å². The van der Waals surface area contributed by atoms with E-state index in [1.807, 2.05) is 54.6 Å². The van der Waals surface area contributed by atoms with Crippen molar-refractivity contribution >= 4 is 33.6 Å². The number of halogens is 1. The number of hydrogen-bond acceptors (Lipinski definition) is 8. The zero-order valence-electron chi connectivity index (χ0n) is 44.7. The second-order valence-electron chi connectivity index (χ2n) is 20.2. The summed E-state index contributed by atoms with van der Waals surface area (Å²) in [5.74, 6) is 3.97. The number of H-pyrrole nitrogens is 1. The van der Waals surface area contributed by atoms with Crippen molar-refractivity contribution in [2.75, 3.05) is 28.4 Å². The Bertz CT molecular complexity index is 3280. The summed E-state index contributed by atoms with van der Waals surface area (Å²) < 4.78 is 29.2. The molecule has 394 valence electrons. The fraction of sp³-hybridized carbons (Fsp3) is 0.269. The highest BCUT2D eigenvalue weighted by molar-refractivity contribution is 9.10. The van der Waals surface area contributed by atoms with Crippen molar-refractivity contribution in [1.29, 1.82) is 0 Å². The fourth-order valence-electron chi connectivity index (χ4n) is 11.4. The third-order valence-corrected chi connectivity index (χ3v) is 16.2. The summed E-state index contributed by atoms with van der Waals surface area (Å²) in [6.45, 7) is 5.63. The smallest absolute Gasteiger partial charge is 0.180 e. The summed E-state index contributed by atoms with van der Waals surface area (Å²) in [4.78, 5) is 23.8. The second-order valence-corrected chi connectivity index (χ2v) is 21.1. The average Bonchev–Trinajstić information content (AvgIpc) is 4.19. The molecule has 1 N–H and O–H groups in total. The third-order valence-electron chi connectivity index (χ3n) is 15.7. The summed E-state index contributed by atoms with van der Waals surface area (Å²) in [6, 6.07) is 50.0. The number of ether oxygens (including phenoxy) is 5. The number of aromatic amines is 1. The maximum Gasteiger partial charge on any atom is 0.180 e. The molecule has 10 heteroatoms. The van der Waals surface area contributed by atoms with E-state index in [9.17, 15) is 9.59 Å². The largest absolute Gasteiger partial charge is 0.497 e. The fourth-order valence-corrected chi connectivity index (χ4v) is 11.6. The van der Waals surface area contributed by atoms with Crippen molar-refractivity contribution in [2.45, 2.75) is 87.1 Å². The molecular formula is C67H67BrN2O7. The minimum Gasteiger partial charge on any atom is -0.497 e. The lowest BCUT2D eigenvalue weighted by Crippen LogP contribution is -2.30. The van der Waals surface area contributed by atoms with Crippen LogP contribution in [0, 0.1) is 0 Å². The molecule has 1 fully saturated rings. The molecule has 4 aliphatic carbocycles. The van der Waals surface area contributed by atoms with Gasteiger partial charge in [-0.1, -0.05) is 156 Å². The van der Waals surface area contributed by atoms with Crippen LogP contribution in [0.3, 0.4) is 0 Å². The summed E-state index contributed by atoms with van der Waals surface area (Å²) in [5.41, 5.74) is 9.89. The number of nitrogens with one attached hydrogen (secondary N) is 1. The molecule has 3 unspecified atom stereocenters. The van der Waals surface area contributed by atoms with Crippen LogP contribution in [0.4, 0.5) is 0 Å². The van der Waals surface area contributed by atoms with Gasteiger partial charge in [-0.2, -0.15) is 5.10 Å². The standard InChI is InChI=1S/C24H25BrO3.C23H22N2O3.C20H20O/c1-27-22-11-8-18(16-23(22)28-21-4-2-3-5-21)24(14-12-20(26)13-15-24)17-6-9-19(25)10-7-17;1-15(26)22-18-11-12-23(14-19(18)24-25-22,16-7-5-4-6-8-16)17-9-10-20(27-2)21(13-17)28-3;1-16-12-14-20(15-13-16,17-6-4-3-5-7-17)18-8-10-19(21-2)11-9-18/h6-12,14,16,21H,2-5,13,15H2,1H3;4-13H,14H2,1-3H3,(H,24,25);3-12,14H,1,13,15H2,2H3. The normalized spacial score (nSPS) is 20.4. The van der Waals surface area contributed by atoms with Crippen molar-refractivity contribution in [3.8, 4) is 28.7 Å². The maximum absolute atomic E-state index is 11.9. The lowest BCUT2D eigenvalue weighted by Gasteiger charge is -2.35. The molecule has 0 saturated heterocycles. The van der Waals surface area contributed by atoms with Crippen molar-refractivity contribution in [2.24, 2.45) is 0 Å². The van der Waals surface area contributed by atoms with Crippen LogP contribution in [0.1, 0.15) is 113 Å². The Kier molecular flexibility index (Phi) is 16.9. The number of rotatable bonds is 13. The Morgan fingerprint density at radius 3 is 1.65 bits per heavy atom. The Morgan fingerprint density at radius 1 is 0.584 bits per heavy atom. The van der Waals surface area contributed by atoms with Crippen LogP contribution in [-0.2, 0) is 27.5 Å². The minimum absolute atomic E-state index is 0.0412. The van der Waals surface area contributed by atoms with E-state index in [0.29, 0.717) is 30.0 Å². The van der Waals surface area contributed by atoms with E-state index in [4.69, 9.17) is 23.7 Å². The molecule has 0 radical (unpaired) electrons. The van der Waals surface area contributed by atoms with Gasteiger partial charge in [-0.25, -0.2) is 0 Å². The highest BCUT2D eigenvalue weighted by Gasteiger charge is 2.39. The van der Waals surface area contributed by atoms with Crippen molar-refractivity contribution < 1.29 is 33.3 Å². The number of benzene rings is 6. The lowest BCUT2D eigenvalue weighted by molar-refractivity contribution is -0.115. The van der Waals surface area contributed by atoms with E-state index in [2.05, 4.69) is 154 Å². The van der Waals surface area contributed by atoms with Gasteiger partial charge in [-0.05, 0) is 133 Å². The Balaban J connectivity index is 0.000000142. The number of carbonyl (C=O) groups is 2. The molecule has 0 bridgehead atoms. The maximum atomic E-state index is 11.9. The predicted octanol–water partition coefficient (Wildman–Crippen LogP) is 15.1. The van der Waals surface area contributed by atoms with E-state index < -0.39 is 5.41 Å². The molecule has 77 heavy (non-hydrogen) atoms. The van der Waals surface area contributed by atoms with Crippen LogP contribution in [0.15, 0.2) is 193 Å². The SMILES string of the molecule is C=C1C=CC(c2ccccc2)(c2ccc(OC)cc2)CC1.COc1ccc(C2(c3ccc(Br)cc3)C=CC(=O)CC2)cc1OC1CCCC1.COc1ccc(C2(c3ccccc3)C=Cc3c(C(C)=O)n[nH]c3C2)cc1OC. The van der Waals surface area contributed by atoms with Crippen LogP contribution in [0.2, 0.25) is 0 Å². The van der Waals surface area contributed by atoms with Crippen molar-refractivity contribution in [3.05, 3.63) is 243 Å². The molecule has 1 aromatic heterocycles. The van der Waals surface area contributed by atoms with Crippen LogP contribution in [-0.4, -0.2) is 56.3 Å². The summed E-state index contributed by atoms with van der Waals surface area (Å²) in [6.07, 6.45) is 21.4. The molecule has 1 heterocycles. The number of ketones is 2. The van der Waals surface area contributed by atoms with Crippen LogP contribution < -0.4 is 23.7 Å². The Morgan fingerprint density at radius 2 is 1.09 bits per heavy atom. The second kappa shape index (κ2) is 24.1. The van der Waals surface area contributed by atoms with Gasteiger partial charge in [0.05, 0.1) is 34.5 Å². The number of Topliss-reactive ketones (excluding diaryl/α,β-unsaturated/α-hetero) is 1. The molecule has 0 amide bonds.